The molecule has 16 heavy (non-hydrogen) atoms. The molecule has 88 valence electrons. The third kappa shape index (κ3) is 3.64. The van der Waals surface area contributed by atoms with E-state index in [0.717, 1.165) is 0 Å². The first-order chi connectivity index (χ1) is 7.22. The minimum atomic E-state index is -3.99. The maximum absolute atomic E-state index is 12.0. The molecule has 0 saturated carbocycles. The molecule has 0 aliphatic carbocycles. The highest BCUT2D eigenvalue weighted by molar-refractivity contribution is 8.34. The van der Waals surface area contributed by atoms with Gasteiger partial charge in [-0.1, -0.05) is 30.3 Å². The second-order valence-electron chi connectivity index (χ2n) is 3.74. The third-order valence-corrected chi connectivity index (χ3v) is 4.62. The fourth-order valence-corrected chi connectivity index (χ4v) is 3.84. The highest BCUT2D eigenvalue weighted by atomic mass is 32.9. The predicted octanol–water partition coefficient (Wildman–Crippen LogP) is 1.88. The minimum Gasteiger partial charge on any atom is -0.287 e. The van der Waals surface area contributed by atoms with Gasteiger partial charge in [-0.05, 0) is 0 Å². The quantitative estimate of drug-likeness (QED) is 0.643. The molecular weight excluding hydrogens is 248 g/mol. The smallest absolute Gasteiger partial charge is 0.287 e. The van der Waals surface area contributed by atoms with Gasteiger partial charge in [-0.2, -0.15) is 4.21 Å². The van der Waals surface area contributed by atoms with Crippen LogP contribution in [0.5, 0.6) is 0 Å². The molecule has 0 saturated heterocycles. The van der Waals surface area contributed by atoms with Crippen LogP contribution in [0, 0.1) is 0 Å². The molecule has 0 radical (unpaired) electrons. The molecule has 6 heteroatoms. The van der Waals surface area contributed by atoms with Crippen molar-refractivity contribution in [3.63, 3.8) is 0 Å². The van der Waals surface area contributed by atoms with Crippen molar-refractivity contribution < 1.29 is 18.1 Å². The van der Waals surface area contributed by atoms with Crippen LogP contribution in [0.15, 0.2) is 30.3 Å². The number of rotatable bonds is 3. The first kappa shape index (κ1) is 13.2. The van der Waals surface area contributed by atoms with E-state index in [-0.39, 0.29) is 5.78 Å². The van der Waals surface area contributed by atoms with E-state index in [1.165, 1.54) is 13.8 Å². The summed E-state index contributed by atoms with van der Waals surface area (Å²) in [5, 5.41) is 0. The second-order valence-corrected chi connectivity index (χ2v) is 7.62. The van der Waals surface area contributed by atoms with E-state index in [2.05, 4.69) is 0 Å². The van der Waals surface area contributed by atoms with Gasteiger partial charge in [0.25, 0.3) is 4.75 Å². The zero-order valence-corrected chi connectivity index (χ0v) is 10.5. The highest BCUT2D eigenvalue weighted by Crippen LogP contribution is 2.16. The van der Waals surface area contributed by atoms with Gasteiger partial charge in [-0.25, -0.2) is 0 Å². The Kier molecular flexibility index (Phi) is 3.80. The molecule has 1 aromatic rings. The Labute approximate surface area is 98.0 Å². The Bertz CT molecular complexity index is 491. The summed E-state index contributed by atoms with van der Waals surface area (Å²) in [4.78, 5) is 12.0. The highest BCUT2D eigenvalue weighted by Gasteiger charge is 2.42. The largest absolute Gasteiger partial charge is 0.431 e. The zero-order valence-electron chi connectivity index (χ0n) is 8.91. The Morgan fingerprint density at radius 3 is 2.19 bits per heavy atom. The minimum absolute atomic E-state index is 0.297. The van der Waals surface area contributed by atoms with Crippen LogP contribution in [-0.2, 0) is 19.4 Å². The van der Waals surface area contributed by atoms with E-state index >= 15 is 0 Å². The topological polar surface area (TPSA) is 74.6 Å². The lowest BCUT2D eigenvalue weighted by atomic mass is 10.0. The van der Waals surface area contributed by atoms with E-state index in [4.69, 9.17) is 9.11 Å². The second kappa shape index (κ2) is 4.58. The number of carbonyl (C=O) groups excluding carboxylic acids is 1. The summed E-state index contributed by atoms with van der Waals surface area (Å²) < 4.78 is 27.4. The van der Waals surface area contributed by atoms with Crippen molar-refractivity contribution in [3.05, 3.63) is 35.9 Å². The summed E-state index contributed by atoms with van der Waals surface area (Å²) in [6, 6.07) is 8.45. The molecule has 0 spiro atoms. The number of hydrogen-bond acceptors (Lipinski definition) is 2. The molecule has 0 amide bonds. The number of hydrogen-bond donors (Lipinski definition) is 2. The molecular formula is C10H13O4S2+. The van der Waals surface area contributed by atoms with Crippen LogP contribution in [0.25, 0.3) is 0 Å². The van der Waals surface area contributed by atoms with Crippen LogP contribution in [0.2, 0.25) is 0 Å². The van der Waals surface area contributed by atoms with Crippen LogP contribution in [0.4, 0.5) is 0 Å². The number of Topliss-reactive ketones (excluding diaryl/α,β-unsaturated/α-hetero) is 1. The molecule has 0 unspecified atom stereocenters. The lowest BCUT2D eigenvalue weighted by Crippen LogP contribution is -2.32. The summed E-state index contributed by atoms with van der Waals surface area (Å²) in [6.45, 7) is 3.00. The summed E-state index contributed by atoms with van der Waals surface area (Å²) in [7, 11) is -3.64. The molecule has 0 heterocycles. The van der Waals surface area contributed by atoms with E-state index in [1.54, 1.807) is 30.3 Å². The van der Waals surface area contributed by atoms with E-state index in [1.807, 2.05) is 0 Å². The standard InChI is InChI=1S/C10H12O4S2/c1-10(2,15-16(12,13)14)9(11)8-6-4-3-5-7-8/h3-7H,1-2H3,(H-,12,13,14)/p+1. The molecule has 0 aromatic heterocycles. The SMILES string of the molecule is CC(C)([S+]=S(=O)(O)O)C(=O)c1ccccc1. The summed E-state index contributed by atoms with van der Waals surface area (Å²) in [5.74, 6) is -0.297. The lowest BCUT2D eigenvalue weighted by molar-refractivity contribution is 0.0958. The lowest BCUT2D eigenvalue weighted by Gasteiger charge is -2.06. The number of benzene rings is 1. The third-order valence-electron chi connectivity index (χ3n) is 1.90. The molecule has 0 aliphatic rings. The summed E-state index contributed by atoms with van der Waals surface area (Å²) >= 11 is 0. The summed E-state index contributed by atoms with van der Waals surface area (Å²) in [5.41, 5.74) is 0.448. The van der Waals surface area contributed by atoms with Crippen molar-refractivity contribution in [2.45, 2.75) is 18.6 Å². The Hall–Kier alpha value is -0.820. The van der Waals surface area contributed by atoms with E-state index in [9.17, 15) is 9.00 Å². The normalized spacial score (nSPS) is 12.2. The van der Waals surface area contributed by atoms with Gasteiger partial charge in [0, 0.05) is 19.4 Å². The molecule has 1 rings (SSSR count). The van der Waals surface area contributed by atoms with Crippen molar-refractivity contribution in [1.82, 2.24) is 0 Å². The van der Waals surface area contributed by atoms with Crippen molar-refractivity contribution in [3.8, 4) is 0 Å². The van der Waals surface area contributed by atoms with Gasteiger partial charge in [-0.15, -0.1) is 0 Å². The molecule has 1 aromatic carbocycles. The maximum atomic E-state index is 12.0. The van der Waals surface area contributed by atoms with Gasteiger partial charge in [0.05, 0.1) is 0 Å². The van der Waals surface area contributed by atoms with Crippen LogP contribution < -0.4 is 0 Å². The average molecular weight is 261 g/mol. The first-order valence-electron chi connectivity index (χ1n) is 4.52. The van der Waals surface area contributed by atoms with Crippen LogP contribution in [-0.4, -0.2) is 23.8 Å². The van der Waals surface area contributed by atoms with Gasteiger partial charge in [0.15, 0.2) is 0 Å². The van der Waals surface area contributed by atoms with E-state index < -0.39 is 13.8 Å². The molecule has 0 aliphatic heterocycles. The number of carbonyl (C=O) groups is 1. The first-order valence-corrected chi connectivity index (χ1v) is 7.32. The predicted molar refractivity (Wildman–Crippen MR) is 65.6 cm³/mol. The van der Waals surface area contributed by atoms with E-state index in [0.29, 0.717) is 15.9 Å². The fourth-order valence-electron chi connectivity index (χ4n) is 1.25. The maximum Gasteiger partial charge on any atom is 0.431 e. The Balaban J connectivity index is 3.13. The molecule has 2 N–H and O–H groups in total. The Morgan fingerprint density at radius 1 is 1.25 bits per heavy atom. The van der Waals surface area contributed by atoms with Crippen LogP contribution in [0.3, 0.4) is 0 Å². The van der Waals surface area contributed by atoms with Crippen molar-refractivity contribution in [2.75, 3.05) is 0 Å². The molecule has 0 atom stereocenters. The Morgan fingerprint density at radius 2 is 1.75 bits per heavy atom. The summed E-state index contributed by atoms with van der Waals surface area (Å²) in [6.07, 6.45) is 0. The monoisotopic (exact) mass is 261 g/mol. The molecule has 0 fully saturated rings. The number of ketones is 1. The van der Waals surface area contributed by atoms with Gasteiger partial charge in [0.1, 0.15) is 0 Å². The zero-order chi connectivity index (χ0) is 12.4. The molecule has 0 bridgehead atoms. The van der Waals surface area contributed by atoms with Gasteiger partial charge in [-0.3, -0.25) is 13.9 Å². The van der Waals surface area contributed by atoms with Crippen molar-refractivity contribution >= 4 is 25.2 Å². The molecule has 4 nitrogen and oxygen atoms in total. The van der Waals surface area contributed by atoms with Crippen molar-refractivity contribution in [1.29, 1.82) is 0 Å². The fraction of sp³-hybridized carbons (Fsp3) is 0.300. The van der Waals surface area contributed by atoms with Crippen LogP contribution >= 0.6 is 0 Å². The van der Waals surface area contributed by atoms with Crippen LogP contribution in [0.1, 0.15) is 24.2 Å². The average Bonchev–Trinajstić information content (AvgIpc) is 2.14. The van der Waals surface area contributed by atoms with Gasteiger partial charge in [0.2, 0.25) is 5.78 Å². The van der Waals surface area contributed by atoms with Gasteiger partial charge >= 0.3 is 19.4 Å². The van der Waals surface area contributed by atoms with Gasteiger partial charge < -0.3 is 0 Å². The van der Waals surface area contributed by atoms with Crippen molar-refractivity contribution in [2.24, 2.45) is 0 Å².